The molecule has 0 radical (unpaired) electrons. The lowest BCUT2D eigenvalue weighted by Crippen LogP contribution is -2.49. The van der Waals surface area contributed by atoms with E-state index >= 15 is 0 Å². The van der Waals surface area contributed by atoms with Gasteiger partial charge in [0, 0.05) is 23.9 Å². The molecular weight excluding hydrogens is 436 g/mol. The van der Waals surface area contributed by atoms with Gasteiger partial charge in [0.05, 0.1) is 19.1 Å². The lowest BCUT2D eigenvalue weighted by Gasteiger charge is -2.39. The second kappa shape index (κ2) is 11.5. The van der Waals surface area contributed by atoms with Crippen molar-refractivity contribution >= 4 is 29.1 Å². The highest BCUT2D eigenvalue weighted by atomic mass is 32.1. The van der Waals surface area contributed by atoms with Crippen molar-refractivity contribution < 1.29 is 19.1 Å². The summed E-state index contributed by atoms with van der Waals surface area (Å²) in [4.78, 5) is 43.2. The van der Waals surface area contributed by atoms with E-state index in [4.69, 9.17) is 4.74 Å². The summed E-state index contributed by atoms with van der Waals surface area (Å²) in [6, 6.07) is 10.1. The normalized spacial score (nSPS) is 16.1. The Kier molecular flexibility index (Phi) is 8.67. The van der Waals surface area contributed by atoms with Crippen molar-refractivity contribution in [2.75, 3.05) is 19.7 Å². The first kappa shape index (κ1) is 25.0. The van der Waals surface area contributed by atoms with Crippen molar-refractivity contribution in [1.82, 2.24) is 9.80 Å². The van der Waals surface area contributed by atoms with Crippen molar-refractivity contribution in [3.8, 4) is 0 Å². The Hall–Kier alpha value is -2.67. The van der Waals surface area contributed by atoms with E-state index < -0.39 is 0 Å². The first-order valence-electron chi connectivity index (χ1n) is 11.7. The molecule has 2 aromatic rings. The number of carbonyl (C=O) groups is 3. The monoisotopic (exact) mass is 470 g/mol. The zero-order valence-electron chi connectivity index (χ0n) is 20.0. The van der Waals surface area contributed by atoms with Gasteiger partial charge in [0.25, 0.3) is 0 Å². The molecule has 2 amide bonds. The molecule has 7 heteroatoms. The van der Waals surface area contributed by atoms with Gasteiger partial charge in [0.15, 0.2) is 0 Å². The molecule has 178 valence electrons. The Labute approximate surface area is 200 Å². The Morgan fingerprint density at radius 2 is 1.91 bits per heavy atom. The van der Waals surface area contributed by atoms with Gasteiger partial charge in [-0.25, -0.2) is 0 Å². The number of nitrogens with zero attached hydrogens (tertiary/aromatic N) is 2. The molecule has 0 N–H and O–H groups in total. The number of aryl methyl sites for hydroxylation is 1. The summed E-state index contributed by atoms with van der Waals surface area (Å²) in [5, 5.41) is 2.09. The summed E-state index contributed by atoms with van der Waals surface area (Å²) in [5.41, 5.74) is 3.44. The molecule has 1 aromatic carbocycles. The summed E-state index contributed by atoms with van der Waals surface area (Å²) in [5.74, 6) is -0.641. The number of fused-ring (bicyclic) bond motifs is 1. The lowest BCUT2D eigenvalue weighted by molar-refractivity contribution is -0.147. The molecule has 0 saturated carbocycles. The molecule has 0 spiro atoms. The molecule has 1 aliphatic heterocycles. The molecule has 0 bridgehead atoms. The van der Waals surface area contributed by atoms with Gasteiger partial charge >= 0.3 is 5.97 Å². The molecule has 2 heterocycles. The fraction of sp³-hybridized carbons (Fsp3) is 0.500. The average molecular weight is 471 g/mol. The van der Waals surface area contributed by atoms with E-state index in [0.717, 1.165) is 24.0 Å². The molecule has 0 aliphatic carbocycles. The van der Waals surface area contributed by atoms with Gasteiger partial charge in [-0.2, -0.15) is 0 Å². The van der Waals surface area contributed by atoms with Crippen LogP contribution in [0.1, 0.15) is 67.6 Å². The van der Waals surface area contributed by atoms with Crippen LogP contribution in [0.25, 0.3) is 0 Å². The number of benzene rings is 1. The Balaban J connectivity index is 1.82. The Bertz CT molecular complexity index is 986. The van der Waals surface area contributed by atoms with Crippen LogP contribution in [0, 0.1) is 6.92 Å². The summed E-state index contributed by atoms with van der Waals surface area (Å²) >= 11 is 1.74. The lowest BCUT2D eigenvalue weighted by atomic mass is 9.90. The van der Waals surface area contributed by atoms with Crippen LogP contribution in [-0.2, 0) is 25.5 Å². The largest absolute Gasteiger partial charge is 0.466 e. The highest BCUT2D eigenvalue weighted by molar-refractivity contribution is 7.10. The van der Waals surface area contributed by atoms with E-state index in [1.54, 1.807) is 23.2 Å². The third kappa shape index (κ3) is 5.82. The van der Waals surface area contributed by atoms with E-state index in [2.05, 4.69) is 30.5 Å². The van der Waals surface area contributed by atoms with Gasteiger partial charge in [-0.3, -0.25) is 14.4 Å². The summed E-state index contributed by atoms with van der Waals surface area (Å²) in [6.07, 6.45) is 1.63. The number of thiophene rings is 1. The fourth-order valence-electron chi connectivity index (χ4n) is 4.35. The summed E-state index contributed by atoms with van der Waals surface area (Å²) in [6.45, 7) is 8.68. The molecular formula is C26H34N2O4S. The van der Waals surface area contributed by atoms with Gasteiger partial charge in [0.2, 0.25) is 11.8 Å². The van der Waals surface area contributed by atoms with Crippen molar-refractivity contribution in [2.45, 2.75) is 65.5 Å². The number of ether oxygens (including phenoxy) is 1. The maximum Gasteiger partial charge on any atom is 0.306 e. The predicted molar refractivity (Wildman–Crippen MR) is 130 cm³/mol. The second-order valence-electron chi connectivity index (χ2n) is 8.48. The zero-order chi connectivity index (χ0) is 24.0. The van der Waals surface area contributed by atoms with E-state index in [0.29, 0.717) is 13.2 Å². The average Bonchev–Trinajstić information content (AvgIpc) is 3.29. The molecule has 1 aromatic heterocycles. The van der Waals surface area contributed by atoms with Gasteiger partial charge in [-0.05, 0) is 61.7 Å². The third-order valence-electron chi connectivity index (χ3n) is 6.37. The standard InChI is InChI=1S/C26H34N2O4S/c1-5-19(4)28(23(29)11-12-25(31)32-6-2)17-24(30)27-15-13-22-21(14-16-33-22)26(27)20-10-8-7-9-18(20)3/h7-10,14,16,19,26H,5-6,11-13,15,17H2,1-4H3/t19-,26+/m1/s1. The Morgan fingerprint density at radius 3 is 2.61 bits per heavy atom. The Morgan fingerprint density at radius 1 is 1.15 bits per heavy atom. The van der Waals surface area contributed by atoms with Gasteiger partial charge < -0.3 is 14.5 Å². The van der Waals surface area contributed by atoms with Crippen LogP contribution in [0.2, 0.25) is 0 Å². The molecule has 6 nitrogen and oxygen atoms in total. The maximum atomic E-state index is 13.6. The van der Waals surface area contributed by atoms with Crippen LogP contribution >= 0.6 is 11.3 Å². The second-order valence-corrected chi connectivity index (χ2v) is 9.48. The van der Waals surface area contributed by atoms with Crippen molar-refractivity contribution in [2.24, 2.45) is 0 Å². The summed E-state index contributed by atoms with van der Waals surface area (Å²) in [7, 11) is 0. The van der Waals surface area contributed by atoms with Crippen LogP contribution in [0.4, 0.5) is 0 Å². The van der Waals surface area contributed by atoms with Crippen LogP contribution < -0.4 is 0 Å². The number of esters is 1. The van der Waals surface area contributed by atoms with E-state index in [1.807, 2.05) is 30.9 Å². The molecule has 3 rings (SSSR count). The molecule has 0 unspecified atom stereocenters. The molecule has 0 fully saturated rings. The quantitative estimate of drug-likeness (QED) is 0.506. The van der Waals surface area contributed by atoms with Gasteiger partial charge in [0.1, 0.15) is 6.54 Å². The van der Waals surface area contributed by atoms with Crippen molar-refractivity contribution in [3.63, 3.8) is 0 Å². The zero-order valence-corrected chi connectivity index (χ0v) is 20.8. The highest BCUT2D eigenvalue weighted by Crippen LogP contribution is 2.39. The molecule has 1 aliphatic rings. The number of amides is 2. The molecule has 2 atom stereocenters. The SMILES string of the molecule is CCOC(=O)CCC(=O)N(CC(=O)N1CCc2sccc2[C@@H]1c1ccccc1C)[C@H](C)CC. The van der Waals surface area contributed by atoms with Crippen LogP contribution in [0.5, 0.6) is 0 Å². The summed E-state index contributed by atoms with van der Waals surface area (Å²) < 4.78 is 4.95. The predicted octanol–water partition coefficient (Wildman–Crippen LogP) is 4.50. The van der Waals surface area contributed by atoms with Crippen molar-refractivity contribution in [3.05, 3.63) is 57.3 Å². The topological polar surface area (TPSA) is 66.9 Å². The maximum absolute atomic E-state index is 13.6. The minimum Gasteiger partial charge on any atom is -0.466 e. The number of hydrogen-bond acceptors (Lipinski definition) is 5. The van der Waals surface area contributed by atoms with E-state index in [1.165, 1.54) is 10.4 Å². The third-order valence-corrected chi connectivity index (χ3v) is 7.36. The van der Waals surface area contributed by atoms with Gasteiger partial charge in [-0.15, -0.1) is 11.3 Å². The number of hydrogen-bond donors (Lipinski definition) is 0. The van der Waals surface area contributed by atoms with E-state index in [9.17, 15) is 14.4 Å². The highest BCUT2D eigenvalue weighted by Gasteiger charge is 2.35. The van der Waals surface area contributed by atoms with Crippen LogP contribution in [0.3, 0.4) is 0 Å². The van der Waals surface area contributed by atoms with Gasteiger partial charge in [-0.1, -0.05) is 31.2 Å². The minimum atomic E-state index is -0.387. The first-order valence-corrected chi connectivity index (χ1v) is 12.6. The molecule has 0 saturated heterocycles. The fourth-order valence-corrected chi connectivity index (χ4v) is 5.25. The minimum absolute atomic E-state index is 0.0124. The van der Waals surface area contributed by atoms with Crippen LogP contribution in [-0.4, -0.2) is 53.3 Å². The van der Waals surface area contributed by atoms with E-state index in [-0.39, 0.29) is 49.3 Å². The number of rotatable bonds is 9. The van der Waals surface area contributed by atoms with Crippen molar-refractivity contribution in [1.29, 1.82) is 0 Å². The first-order chi connectivity index (χ1) is 15.9. The smallest absolute Gasteiger partial charge is 0.306 e. The molecule has 33 heavy (non-hydrogen) atoms. The number of carbonyl (C=O) groups excluding carboxylic acids is 3. The van der Waals surface area contributed by atoms with Crippen LogP contribution in [0.15, 0.2) is 35.7 Å².